The van der Waals surface area contributed by atoms with Gasteiger partial charge >= 0.3 is 0 Å². The molecule has 0 aliphatic rings. The van der Waals surface area contributed by atoms with Gasteiger partial charge in [-0.25, -0.2) is 4.36 Å². The zero-order chi connectivity index (χ0) is 15.5. The second kappa shape index (κ2) is 6.00. The average Bonchev–Trinajstić information content (AvgIpc) is 2.45. The van der Waals surface area contributed by atoms with Crippen LogP contribution in [0.25, 0.3) is 0 Å². The Balaban J connectivity index is 2.83. The van der Waals surface area contributed by atoms with Crippen LogP contribution in [0.1, 0.15) is 11.1 Å². The lowest BCUT2D eigenvalue weighted by atomic mass is 9.91. The monoisotopic (exact) mass is 302 g/mol. The molecule has 0 amide bonds. The maximum absolute atomic E-state index is 12.5. The average molecular weight is 302 g/mol. The van der Waals surface area contributed by atoms with Crippen molar-refractivity contribution in [3.05, 3.63) is 71.8 Å². The van der Waals surface area contributed by atoms with Crippen molar-refractivity contribution in [1.82, 2.24) is 4.90 Å². The predicted octanol–water partition coefficient (Wildman–Crippen LogP) is 3.18. The van der Waals surface area contributed by atoms with E-state index < -0.39 is 15.4 Å². The molecule has 21 heavy (non-hydrogen) atoms. The molecule has 112 valence electrons. The molecular weight excluding hydrogens is 280 g/mol. The maximum Gasteiger partial charge on any atom is 0.173 e. The minimum atomic E-state index is -2.29. The fourth-order valence-corrected chi connectivity index (χ4v) is 3.54. The minimum Gasteiger partial charge on any atom is -0.277 e. The van der Waals surface area contributed by atoms with Gasteiger partial charge in [0.1, 0.15) is 0 Å². The molecule has 0 bridgehead atoms. The SMILES string of the molecule is CN(C)C(N=S(C)(C)=O)(c1ccccc1)c1ccccc1. The standard InChI is InChI=1S/C17H22N2OS/c1-19(2)17(18-21(3,4)20,15-11-7-5-8-12-15)16-13-9-6-10-14-16/h5-14H,1-4H3. The van der Waals surface area contributed by atoms with Crippen LogP contribution in [0.5, 0.6) is 0 Å². The molecule has 0 spiro atoms. The number of benzene rings is 2. The topological polar surface area (TPSA) is 32.7 Å². The number of hydrogen-bond acceptors (Lipinski definition) is 3. The van der Waals surface area contributed by atoms with Crippen LogP contribution in [0, 0.1) is 0 Å². The number of nitrogens with zero attached hydrogens (tertiary/aromatic N) is 2. The molecular formula is C17H22N2OS. The fourth-order valence-electron chi connectivity index (χ4n) is 2.53. The van der Waals surface area contributed by atoms with Gasteiger partial charge in [0.25, 0.3) is 0 Å². The smallest absolute Gasteiger partial charge is 0.173 e. The van der Waals surface area contributed by atoms with Crippen LogP contribution in [0.2, 0.25) is 0 Å². The Labute approximate surface area is 127 Å². The molecule has 0 fully saturated rings. The fraction of sp³-hybridized carbons (Fsp3) is 0.294. The summed E-state index contributed by atoms with van der Waals surface area (Å²) in [4.78, 5) is 2.02. The third kappa shape index (κ3) is 3.34. The van der Waals surface area contributed by atoms with Crippen molar-refractivity contribution in [3.8, 4) is 0 Å². The molecule has 0 saturated carbocycles. The summed E-state index contributed by atoms with van der Waals surface area (Å²) in [7, 11) is 1.64. The van der Waals surface area contributed by atoms with Crippen LogP contribution in [0.4, 0.5) is 0 Å². The van der Waals surface area contributed by atoms with Crippen molar-refractivity contribution in [2.24, 2.45) is 4.36 Å². The molecule has 2 aromatic carbocycles. The van der Waals surface area contributed by atoms with Gasteiger partial charge in [-0.2, -0.15) is 0 Å². The normalized spacial score (nSPS) is 12.4. The first-order valence-electron chi connectivity index (χ1n) is 6.83. The summed E-state index contributed by atoms with van der Waals surface area (Å²) >= 11 is 0. The Morgan fingerprint density at radius 1 is 0.857 bits per heavy atom. The van der Waals surface area contributed by atoms with E-state index in [1.165, 1.54) is 0 Å². The van der Waals surface area contributed by atoms with Crippen LogP contribution in [0.15, 0.2) is 65.0 Å². The molecule has 0 aliphatic carbocycles. The molecule has 0 aromatic heterocycles. The first-order valence-corrected chi connectivity index (χ1v) is 9.16. The van der Waals surface area contributed by atoms with E-state index in [4.69, 9.17) is 4.36 Å². The van der Waals surface area contributed by atoms with Gasteiger partial charge < -0.3 is 0 Å². The molecule has 2 aromatic rings. The van der Waals surface area contributed by atoms with E-state index in [9.17, 15) is 4.21 Å². The first kappa shape index (κ1) is 15.7. The van der Waals surface area contributed by atoms with Crippen LogP contribution >= 0.6 is 0 Å². The Kier molecular flexibility index (Phi) is 4.49. The summed E-state index contributed by atoms with van der Waals surface area (Å²) in [6.45, 7) is 0. The highest BCUT2D eigenvalue weighted by atomic mass is 32.2. The van der Waals surface area contributed by atoms with E-state index in [1.54, 1.807) is 12.5 Å². The van der Waals surface area contributed by atoms with Crippen molar-refractivity contribution in [2.75, 3.05) is 26.6 Å². The summed E-state index contributed by atoms with van der Waals surface area (Å²) in [5.41, 5.74) is 1.28. The zero-order valence-corrected chi connectivity index (χ0v) is 13.8. The van der Waals surface area contributed by atoms with Crippen molar-refractivity contribution in [2.45, 2.75) is 5.66 Å². The van der Waals surface area contributed by atoms with Crippen LogP contribution in [0.3, 0.4) is 0 Å². The van der Waals surface area contributed by atoms with Gasteiger partial charge in [-0.1, -0.05) is 60.7 Å². The van der Waals surface area contributed by atoms with Crippen molar-refractivity contribution in [3.63, 3.8) is 0 Å². The summed E-state index contributed by atoms with van der Waals surface area (Å²) < 4.78 is 17.2. The third-order valence-electron chi connectivity index (χ3n) is 3.35. The molecule has 0 N–H and O–H groups in total. The van der Waals surface area contributed by atoms with Crippen molar-refractivity contribution >= 4 is 9.73 Å². The van der Waals surface area contributed by atoms with E-state index in [0.29, 0.717) is 0 Å². The molecule has 2 rings (SSSR count). The molecule has 3 nitrogen and oxygen atoms in total. The van der Waals surface area contributed by atoms with Gasteiger partial charge in [-0.15, -0.1) is 0 Å². The van der Waals surface area contributed by atoms with Gasteiger partial charge in [-0.05, 0) is 25.2 Å². The van der Waals surface area contributed by atoms with Gasteiger partial charge in [-0.3, -0.25) is 9.11 Å². The van der Waals surface area contributed by atoms with Crippen LogP contribution in [-0.2, 0) is 15.4 Å². The Morgan fingerprint density at radius 2 is 1.24 bits per heavy atom. The van der Waals surface area contributed by atoms with Gasteiger partial charge in [0.05, 0.1) is 0 Å². The highest BCUT2D eigenvalue weighted by Crippen LogP contribution is 2.36. The summed E-state index contributed by atoms with van der Waals surface area (Å²) in [5, 5.41) is 0. The molecule has 0 atom stereocenters. The quantitative estimate of drug-likeness (QED) is 0.869. The lowest BCUT2D eigenvalue weighted by molar-refractivity contribution is 0.212. The number of rotatable bonds is 4. The van der Waals surface area contributed by atoms with Crippen LogP contribution in [-0.4, -0.2) is 35.7 Å². The molecule has 0 heterocycles. The summed E-state index contributed by atoms with van der Waals surface area (Å²) in [5.74, 6) is 0. The lowest BCUT2D eigenvalue weighted by Gasteiger charge is -2.37. The maximum atomic E-state index is 12.5. The summed E-state index contributed by atoms with van der Waals surface area (Å²) in [6.07, 6.45) is 3.36. The third-order valence-corrected chi connectivity index (χ3v) is 4.06. The van der Waals surface area contributed by atoms with Crippen molar-refractivity contribution in [1.29, 1.82) is 0 Å². The van der Waals surface area contributed by atoms with E-state index >= 15 is 0 Å². The molecule has 4 heteroatoms. The predicted molar refractivity (Wildman–Crippen MR) is 89.8 cm³/mol. The van der Waals surface area contributed by atoms with Gasteiger partial charge in [0, 0.05) is 22.2 Å². The molecule has 0 radical (unpaired) electrons. The largest absolute Gasteiger partial charge is 0.277 e. The molecule has 0 unspecified atom stereocenters. The summed E-state index contributed by atoms with van der Waals surface area (Å²) in [6, 6.07) is 20.0. The molecule has 0 saturated heterocycles. The number of hydrogen-bond donors (Lipinski definition) is 0. The van der Waals surface area contributed by atoms with E-state index in [-0.39, 0.29) is 0 Å². The lowest BCUT2D eigenvalue weighted by Crippen LogP contribution is -2.41. The molecule has 0 aliphatic heterocycles. The Bertz CT molecular complexity index is 655. The Hall–Kier alpha value is -1.65. The van der Waals surface area contributed by atoms with Gasteiger partial charge in [0.2, 0.25) is 0 Å². The van der Waals surface area contributed by atoms with Crippen molar-refractivity contribution < 1.29 is 4.21 Å². The highest BCUT2D eigenvalue weighted by molar-refractivity contribution is 7.92. The van der Waals surface area contributed by atoms with E-state index in [0.717, 1.165) is 11.1 Å². The second-order valence-electron chi connectivity index (χ2n) is 5.57. The highest BCUT2D eigenvalue weighted by Gasteiger charge is 2.37. The first-order chi connectivity index (χ1) is 9.86. The van der Waals surface area contributed by atoms with Gasteiger partial charge in [0.15, 0.2) is 5.66 Å². The zero-order valence-electron chi connectivity index (χ0n) is 13.0. The van der Waals surface area contributed by atoms with Crippen LogP contribution < -0.4 is 0 Å². The van der Waals surface area contributed by atoms with E-state index in [2.05, 4.69) is 0 Å². The second-order valence-corrected chi connectivity index (χ2v) is 8.12. The Morgan fingerprint density at radius 3 is 1.52 bits per heavy atom. The minimum absolute atomic E-state index is 0.747. The van der Waals surface area contributed by atoms with E-state index in [1.807, 2.05) is 79.7 Å².